The van der Waals surface area contributed by atoms with Crippen LogP contribution in [0.25, 0.3) is 11.0 Å². The van der Waals surface area contributed by atoms with Crippen LogP contribution in [0.1, 0.15) is 29.5 Å². The minimum absolute atomic E-state index is 0.0611. The second-order valence-electron chi connectivity index (χ2n) is 4.79. The summed E-state index contributed by atoms with van der Waals surface area (Å²) in [6.45, 7) is 3.95. The molecule has 1 atom stereocenters. The Morgan fingerprint density at radius 2 is 2.14 bits per heavy atom. The first-order valence-electron chi connectivity index (χ1n) is 6.35. The molecule has 1 unspecified atom stereocenters. The maximum atomic E-state index is 13.8. The van der Waals surface area contributed by atoms with Gasteiger partial charge in [0.1, 0.15) is 16.6 Å². The van der Waals surface area contributed by atoms with Crippen LogP contribution < -0.4 is 0 Å². The maximum Gasteiger partial charge on any atom is 0.144 e. The van der Waals surface area contributed by atoms with Crippen LogP contribution in [0.15, 0.2) is 17.5 Å². The van der Waals surface area contributed by atoms with Crippen LogP contribution in [0.4, 0.5) is 4.39 Å². The van der Waals surface area contributed by atoms with Crippen LogP contribution in [-0.4, -0.2) is 14.5 Å². The fourth-order valence-corrected chi connectivity index (χ4v) is 3.53. The van der Waals surface area contributed by atoms with E-state index in [1.807, 2.05) is 23.8 Å². The van der Waals surface area contributed by atoms with Crippen molar-refractivity contribution in [3.05, 3.63) is 44.9 Å². The smallest absolute Gasteiger partial charge is 0.144 e. The van der Waals surface area contributed by atoms with Gasteiger partial charge in [-0.3, -0.25) is 0 Å². The van der Waals surface area contributed by atoms with Gasteiger partial charge in [0.2, 0.25) is 0 Å². The standard InChI is InChI=1S/C14H12Cl2FN3S/c1-7-6-21-14(18-7)8(2)20-12-4-10(17)9(16)3-11(12)19-13(20)5-15/h3-4,6,8H,5H2,1-2H3. The summed E-state index contributed by atoms with van der Waals surface area (Å²) < 4.78 is 15.7. The lowest BCUT2D eigenvalue weighted by Crippen LogP contribution is -2.10. The number of imidazole rings is 1. The first kappa shape index (κ1) is 14.8. The fourth-order valence-electron chi connectivity index (χ4n) is 2.34. The number of benzene rings is 1. The highest BCUT2D eigenvalue weighted by atomic mass is 35.5. The summed E-state index contributed by atoms with van der Waals surface area (Å²) in [6.07, 6.45) is 0. The number of hydrogen-bond donors (Lipinski definition) is 0. The van der Waals surface area contributed by atoms with E-state index < -0.39 is 5.82 Å². The average molecular weight is 344 g/mol. The van der Waals surface area contributed by atoms with Crippen molar-refractivity contribution in [2.45, 2.75) is 25.8 Å². The molecule has 3 aromatic rings. The average Bonchev–Trinajstić information content (AvgIpc) is 3.02. The molecule has 0 amide bonds. The highest BCUT2D eigenvalue weighted by Crippen LogP contribution is 2.31. The van der Waals surface area contributed by atoms with Crippen molar-refractivity contribution in [3.8, 4) is 0 Å². The zero-order valence-electron chi connectivity index (χ0n) is 11.4. The van der Waals surface area contributed by atoms with Gasteiger partial charge in [0, 0.05) is 17.1 Å². The number of hydrogen-bond acceptors (Lipinski definition) is 3. The van der Waals surface area contributed by atoms with E-state index in [4.69, 9.17) is 23.2 Å². The molecule has 0 aliphatic carbocycles. The third-order valence-corrected chi connectivity index (χ3v) is 4.97. The lowest BCUT2D eigenvalue weighted by Gasteiger charge is -2.14. The first-order valence-corrected chi connectivity index (χ1v) is 8.14. The molecule has 3 rings (SSSR count). The normalized spacial score (nSPS) is 13.0. The molecular weight excluding hydrogens is 332 g/mol. The number of nitrogens with zero attached hydrogens (tertiary/aromatic N) is 3. The Bertz CT molecular complexity index is 812. The van der Waals surface area contributed by atoms with E-state index in [1.54, 1.807) is 11.3 Å². The Morgan fingerprint density at radius 1 is 1.38 bits per heavy atom. The molecule has 0 spiro atoms. The van der Waals surface area contributed by atoms with Gasteiger partial charge >= 0.3 is 0 Å². The topological polar surface area (TPSA) is 30.7 Å². The van der Waals surface area contributed by atoms with E-state index in [0.29, 0.717) is 16.9 Å². The summed E-state index contributed by atoms with van der Waals surface area (Å²) in [5.74, 6) is 0.449. The molecule has 2 heterocycles. The van der Waals surface area contributed by atoms with Gasteiger partial charge in [-0.15, -0.1) is 22.9 Å². The van der Waals surface area contributed by atoms with Crippen LogP contribution in [0.5, 0.6) is 0 Å². The Labute approximate surface area is 135 Å². The van der Waals surface area contributed by atoms with Crippen LogP contribution in [0.2, 0.25) is 5.02 Å². The van der Waals surface area contributed by atoms with Crippen molar-refractivity contribution in [2.24, 2.45) is 0 Å². The molecule has 0 saturated carbocycles. The Balaban J connectivity index is 2.22. The minimum Gasteiger partial charge on any atom is -0.317 e. The summed E-state index contributed by atoms with van der Waals surface area (Å²) >= 11 is 13.4. The SMILES string of the molecule is Cc1csc(C(C)n2c(CCl)nc3cc(Cl)c(F)cc32)n1. The minimum atomic E-state index is -0.464. The van der Waals surface area contributed by atoms with Crippen LogP contribution in [-0.2, 0) is 5.88 Å². The molecule has 3 nitrogen and oxygen atoms in total. The van der Waals surface area contributed by atoms with Crippen molar-refractivity contribution in [2.75, 3.05) is 0 Å². The zero-order chi connectivity index (χ0) is 15.1. The third kappa shape index (κ3) is 2.54. The van der Waals surface area contributed by atoms with E-state index in [0.717, 1.165) is 10.7 Å². The van der Waals surface area contributed by atoms with E-state index in [1.165, 1.54) is 12.1 Å². The van der Waals surface area contributed by atoms with Gasteiger partial charge in [0.15, 0.2) is 0 Å². The quantitative estimate of drug-likeness (QED) is 0.630. The molecule has 0 radical (unpaired) electrons. The van der Waals surface area contributed by atoms with E-state index in [9.17, 15) is 4.39 Å². The first-order chi connectivity index (χ1) is 10.0. The number of halogens is 3. The van der Waals surface area contributed by atoms with E-state index in [-0.39, 0.29) is 16.9 Å². The maximum absolute atomic E-state index is 13.8. The number of aromatic nitrogens is 3. The summed E-state index contributed by atoms with van der Waals surface area (Å²) in [6, 6.07) is 2.86. The predicted molar refractivity (Wildman–Crippen MR) is 84.9 cm³/mol. The lowest BCUT2D eigenvalue weighted by atomic mass is 10.2. The largest absolute Gasteiger partial charge is 0.317 e. The van der Waals surface area contributed by atoms with Gasteiger partial charge in [-0.2, -0.15) is 0 Å². The lowest BCUT2D eigenvalue weighted by molar-refractivity contribution is 0.616. The molecule has 7 heteroatoms. The molecular formula is C14H12Cl2FN3S. The van der Waals surface area contributed by atoms with E-state index in [2.05, 4.69) is 9.97 Å². The molecule has 0 aliphatic rings. The number of thiazole rings is 1. The Hall–Kier alpha value is -1.17. The molecule has 0 fully saturated rings. The number of aryl methyl sites for hydroxylation is 1. The van der Waals surface area contributed by atoms with Gasteiger partial charge < -0.3 is 4.57 Å². The summed E-state index contributed by atoms with van der Waals surface area (Å²) in [7, 11) is 0. The number of fused-ring (bicyclic) bond motifs is 1. The van der Waals surface area contributed by atoms with Crippen molar-refractivity contribution >= 4 is 45.6 Å². The number of rotatable bonds is 3. The molecule has 0 saturated heterocycles. The van der Waals surface area contributed by atoms with Gasteiger partial charge in [0.05, 0.1) is 28.0 Å². The third-order valence-electron chi connectivity index (χ3n) is 3.31. The summed E-state index contributed by atoms with van der Waals surface area (Å²) in [5, 5.41) is 2.99. The van der Waals surface area contributed by atoms with Gasteiger partial charge in [-0.1, -0.05) is 11.6 Å². The molecule has 0 aliphatic heterocycles. The van der Waals surface area contributed by atoms with Gasteiger partial charge in [-0.05, 0) is 19.9 Å². The molecule has 0 bridgehead atoms. The highest BCUT2D eigenvalue weighted by molar-refractivity contribution is 7.09. The van der Waals surface area contributed by atoms with Gasteiger partial charge in [0.25, 0.3) is 0 Å². The van der Waals surface area contributed by atoms with Crippen LogP contribution in [0.3, 0.4) is 0 Å². The van der Waals surface area contributed by atoms with Crippen LogP contribution >= 0.6 is 34.5 Å². The molecule has 1 aromatic carbocycles. The Morgan fingerprint density at radius 3 is 2.76 bits per heavy atom. The summed E-state index contributed by atoms with van der Waals surface area (Å²) in [5.41, 5.74) is 2.28. The van der Waals surface area contributed by atoms with Crippen LogP contribution in [0, 0.1) is 12.7 Å². The van der Waals surface area contributed by atoms with Crippen molar-refractivity contribution < 1.29 is 4.39 Å². The van der Waals surface area contributed by atoms with Gasteiger partial charge in [-0.25, -0.2) is 14.4 Å². The summed E-state index contributed by atoms with van der Waals surface area (Å²) in [4.78, 5) is 8.94. The fraction of sp³-hybridized carbons (Fsp3) is 0.286. The van der Waals surface area contributed by atoms with Crippen molar-refractivity contribution in [1.82, 2.24) is 14.5 Å². The monoisotopic (exact) mass is 343 g/mol. The van der Waals surface area contributed by atoms with Crippen molar-refractivity contribution in [3.63, 3.8) is 0 Å². The second-order valence-corrected chi connectivity index (χ2v) is 6.35. The van der Waals surface area contributed by atoms with Crippen molar-refractivity contribution in [1.29, 1.82) is 0 Å². The Kier molecular flexibility index (Phi) is 3.90. The highest BCUT2D eigenvalue weighted by Gasteiger charge is 2.20. The molecule has 2 aromatic heterocycles. The van der Waals surface area contributed by atoms with E-state index >= 15 is 0 Å². The molecule has 0 N–H and O–H groups in total. The predicted octanol–water partition coefficient (Wildman–Crippen LogP) is 4.94. The second kappa shape index (κ2) is 5.55. The number of alkyl halides is 1. The molecule has 21 heavy (non-hydrogen) atoms. The zero-order valence-corrected chi connectivity index (χ0v) is 13.7. The molecule has 110 valence electrons.